The van der Waals surface area contributed by atoms with Crippen molar-refractivity contribution in [1.29, 1.82) is 0 Å². The van der Waals surface area contributed by atoms with Crippen LogP contribution in [0.15, 0.2) is 29.0 Å². The summed E-state index contributed by atoms with van der Waals surface area (Å²) in [6.45, 7) is 0.630. The molecule has 6 heteroatoms. The molecule has 0 spiro atoms. The van der Waals surface area contributed by atoms with E-state index in [0.717, 1.165) is 24.3 Å². The number of hydrogen-bond donors (Lipinski definition) is 2. The second kappa shape index (κ2) is 5.76. The highest BCUT2D eigenvalue weighted by Gasteiger charge is 2.28. The zero-order valence-corrected chi connectivity index (χ0v) is 11.9. The standard InChI is InChI=1S/C14H17N3O2S/c15-7-9-3-1-4-10(9)17-13(18)12-8-16-14(20-12)11-5-2-6-19-11/h2,5-6,8-10H,1,3-4,7,15H2,(H,17,18). The summed E-state index contributed by atoms with van der Waals surface area (Å²) in [6.07, 6.45) is 6.44. The second-order valence-electron chi connectivity index (χ2n) is 5.01. The number of hydrogen-bond acceptors (Lipinski definition) is 5. The van der Waals surface area contributed by atoms with E-state index in [2.05, 4.69) is 10.3 Å². The van der Waals surface area contributed by atoms with Gasteiger partial charge in [0, 0.05) is 6.04 Å². The molecule has 0 saturated heterocycles. The van der Waals surface area contributed by atoms with E-state index >= 15 is 0 Å². The highest BCUT2D eigenvalue weighted by atomic mass is 32.1. The molecule has 1 saturated carbocycles. The smallest absolute Gasteiger partial charge is 0.263 e. The van der Waals surface area contributed by atoms with Crippen molar-refractivity contribution in [2.75, 3.05) is 6.54 Å². The molecule has 20 heavy (non-hydrogen) atoms. The van der Waals surface area contributed by atoms with Crippen molar-refractivity contribution in [2.24, 2.45) is 11.7 Å². The Morgan fingerprint density at radius 3 is 3.20 bits per heavy atom. The van der Waals surface area contributed by atoms with Gasteiger partial charge in [0.05, 0.1) is 12.5 Å². The van der Waals surface area contributed by atoms with E-state index in [0.29, 0.717) is 23.1 Å². The topological polar surface area (TPSA) is 81.1 Å². The van der Waals surface area contributed by atoms with Crippen LogP contribution in [0.4, 0.5) is 0 Å². The molecule has 3 rings (SSSR count). The Hall–Kier alpha value is -1.66. The quantitative estimate of drug-likeness (QED) is 0.905. The normalized spacial score (nSPS) is 22.1. The fraction of sp³-hybridized carbons (Fsp3) is 0.429. The van der Waals surface area contributed by atoms with E-state index in [1.165, 1.54) is 11.3 Å². The number of aromatic nitrogens is 1. The van der Waals surface area contributed by atoms with Gasteiger partial charge in [-0.2, -0.15) is 0 Å². The van der Waals surface area contributed by atoms with Crippen LogP contribution in [0.2, 0.25) is 0 Å². The van der Waals surface area contributed by atoms with E-state index in [1.54, 1.807) is 18.5 Å². The van der Waals surface area contributed by atoms with E-state index < -0.39 is 0 Å². The van der Waals surface area contributed by atoms with Crippen molar-refractivity contribution in [2.45, 2.75) is 25.3 Å². The average molecular weight is 291 g/mol. The lowest BCUT2D eigenvalue weighted by atomic mass is 10.0. The minimum absolute atomic E-state index is 0.0642. The van der Waals surface area contributed by atoms with Crippen LogP contribution < -0.4 is 11.1 Å². The maximum Gasteiger partial charge on any atom is 0.263 e. The van der Waals surface area contributed by atoms with Gasteiger partial charge in [0.2, 0.25) is 0 Å². The zero-order chi connectivity index (χ0) is 13.9. The largest absolute Gasteiger partial charge is 0.462 e. The lowest BCUT2D eigenvalue weighted by Gasteiger charge is -2.18. The molecule has 1 amide bonds. The first-order valence-electron chi connectivity index (χ1n) is 6.78. The Kier molecular flexibility index (Phi) is 3.84. The lowest BCUT2D eigenvalue weighted by Crippen LogP contribution is -2.39. The summed E-state index contributed by atoms with van der Waals surface area (Å²) in [5.74, 6) is 1.02. The number of nitrogens with two attached hydrogens (primary N) is 1. The van der Waals surface area contributed by atoms with Gasteiger partial charge in [0.25, 0.3) is 5.91 Å². The highest BCUT2D eigenvalue weighted by Crippen LogP contribution is 2.27. The zero-order valence-electron chi connectivity index (χ0n) is 11.0. The molecule has 0 aromatic carbocycles. The minimum Gasteiger partial charge on any atom is -0.462 e. The predicted octanol–water partition coefficient (Wildman–Crippen LogP) is 2.26. The summed E-state index contributed by atoms with van der Waals surface area (Å²) < 4.78 is 5.28. The molecule has 2 aromatic rings. The van der Waals surface area contributed by atoms with E-state index in [4.69, 9.17) is 10.2 Å². The first kappa shape index (κ1) is 13.3. The molecule has 2 unspecified atom stereocenters. The fourth-order valence-corrected chi connectivity index (χ4v) is 3.43. The number of amides is 1. The van der Waals surface area contributed by atoms with Gasteiger partial charge in [-0.15, -0.1) is 11.3 Å². The van der Waals surface area contributed by atoms with Crippen LogP contribution in [-0.2, 0) is 0 Å². The molecule has 0 radical (unpaired) electrons. The number of thiazole rings is 1. The molecule has 1 fully saturated rings. The third kappa shape index (κ3) is 2.62. The third-order valence-corrected chi connectivity index (χ3v) is 4.75. The van der Waals surface area contributed by atoms with Gasteiger partial charge in [-0.25, -0.2) is 4.98 Å². The molecule has 2 atom stereocenters. The van der Waals surface area contributed by atoms with Gasteiger partial charge in [-0.3, -0.25) is 4.79 Å². The van der Waals surface area contributed by atoms with Crippen LogP contribution in [0.5, 0.6) is 0 Å². The SMILES string of the molecule is NCC1CCCC1NC(=O)c1cnc(-c2ccco2)s1. The van der Waals surface area contributed by atoms with Crippen molar-refractivity contribution in [3.63, 3.8) is 0 Å². The van der Waals surface area contributed by atoms with Crippen LogP contribution in [0, 0.1) is 5.92 Å². The maximum atomic E-state index is 12.2. The van der Waals surface area contributed by atoms with Gasteiger partial charge in [0.15, 0.2) is 10.8 Å². The Labute approximate surface area is 121 Å². The predicted molar refractivity (Wildman–Crippen MR) is 77.5 cm³/mol. The van der Waals surface area contributed by atoms with E-state index in [-0.39, 0.29) is 11.9 Å². The fourth-order valence-electron chi connectivity index (χ4n) is 2.64. The lowest BCUT2D eigenvalue weighted by molar-refractivity contribution is 0.0932. The van der Waals surface area contributed by atoms with Crippen molar-refractivity contribution in [3.05, 3.63) is 29.5 Å². The third-order valence-electron chi connectivity index (χ3n) is 3.74. The van der Waals surface area contributed by atoms with Crippen LogP contribution in [0.25, 0.3) is 10.8 Å². The summed E-state index contributed by atoms with van der Waals surface area (Å²) >= 11 is 1.34. The van der Waals surface area contributed by atoms with Crippen molar-refractivity contribution >= 4 is 17.2 Å². The molecule has 5 nitrogen and oxygen atoms in total. The summed E-state index contributed by atoms with van der Waals surface area (Å²) in [5.41, 5.74) is 5.73. The second-order valence-corrected chi connectivity index (χ2v) is 6.04. The van der Waals surface area contributed by atoms with Crippen molar-refractivity contribution < 1.29 is 9.21 Å². The van der Waals surface area contributed by atoms with Crippen molar-refractivity contribution in [3.8, 4) is 10.8 Å². The molecule has 2 aromatic heterocycles. The Bertz CT molecular complexity index is 579. The summed E-state index contributed by atoms with van der Waals surface area (Å²) in [7, 11) is 0. The molecule has 106 valence electrons. The Morgan fingerprint density at radius 2 is 2.45 bits per heavy atom. The first-order valence-corrected chi connectivity index (χ1v) is 7.60. The minimum atomic E-state index is -0.0642. The van der Waals surface area contributed by atoms with Gasteiger partial charge >= 0.3 is 0 Å². The molecule has 3 N–H and O–H groups in total. The van der Waals surface area contributed by atoms with Crippen molar-refractivity contribution in [1.82, 2.24) is 10.3 Å². The number of carbonyl (C=O) groups excluding carboxylic acids is 1. The molecular weight excluding hydrogens is 274 g/mol. The maximum absolute atomic E-state index is 12.2. The van der Waals surface area contributed by atoms with E-state index in [9.17, 15) is 4.79 Å². The molecule has 0 bridgehead atoms. The Balaban J connectivity index is 1.68. The van der Waals surface area contributed by atoms with Crippen LogP contribution >= 0.6 is 11.3 Å². The van der Waals surface area contributed by atoms with Gasteiger partial charge in [-0.05, 0) is 37.4 Å². The molecule has 1 aliphatic rings. The van der Waals surface area contributed by atoms with Gasteiger partial charge in [0.1, 0.15) is 4.88 Å². The highest BCUT2D eigenvalue weighted by molar-refractivity contribution is 7.16. The molecule has 2 heterocycles. The van der Waals surface area contributed by atoms with Crippen LogP contribution in [0.3, 0.4) is 0 Å². The number of rotatable bonds is 4. The number of carbonyl (C=O) groups is 1. The molecular formula is C14H17N3O2S. The average Bonchev–Trinajstić information content (AvgIpc) is 3.19. The molecule has 0 aliphatic heterocycles. The van der Waals surface area contributed by atoms with Crippen LogP contribution in [0.1, 0.15) is 28.9 Å². The summed E-state index contributed by atoms with van der Waals surface area (Å²) in [6, 6.07) is 3.84. The number of furan rings is 1. The van der Waals surface area contributed by atoms with E-state index in [1.807, 2.05) is 6.07 Å². The van der Waals surface area contributed by atoms with Crippen LogP contribution in [-0.4, -0.2) is 23.5 Å². The van der Waals surface area contributed by atoms with Gasteiger partial charge < -0.3 is 15.5 Å². The summed E-state index contributed by atoms with van der Waals surface area (Å²) in [4.78, 5) is 17.1. The Morgan fingerprint density at radius 1 is 1.55 bits per heavy atom. The summed E-state index contributed by atoms with van der Waals surface area (Å²) in [5, 5.41) is 3.80. The monoisotopic (exact) mass is 291 g/mol. The van der Waals surface area contributed by atoms with Gasteiger partial charge in [-0.1, -0.05) is 6.42 Å². The number of nitrogens with one attached hydrogen (secondary N) is 1. The number of nitrogens with zero attached hydrogens (tertiary/aromatic N) is 1. The molecule has 1 aliphatic carbocycles. The first-order chi connectivity index (χ1) is 9.78.